The molecule has 1 amide bonds. The van der Waals surface area contributed by atoms with Gasteiger partial charge in [0, 0.05) is 24.5 Å². The first-order valence-electron chi connectivity index (χ1n) is 8.12. The van der Waals surface area contributed by atoms with Crippen LogP contribution >= 0.6 is 0 Å². The van der Waals surface area contributed by atoms with Gasteiger partial charge in [0.25, 0.3) is 5.91 Å². The number of rotatable bonds is 6. The van der Waals surface area contributed by atoms with Crippen LogP contribution in [0.3, 0.4) is 0 Å². The van der Waals surface area contributed by atoms with Crippen LogP contribution in [0.25, 0.3) is 16.9 Å². The van der Waals surface area contributed by atoms with Gasteiger partial charge in [0.1, 0.15) is 5.75 Å². The molecule has 9 heteroatoms. The Hall–Kier alpha value is -3.62. The van der Waals surface area contributed by atoms with E-state index in [4.69, 9.17) is 0 Å². The molecule has 0 atom stereocenters. The fourth-order valence-electron chi connectivity index (χ4n) is 2.36. The molecule has 0 unspecified atom stereocenters. The molecule has 3 aromatic rings. The van der Waals surface area contributed by atoms with Gasteiger partial charge in [0.05, 0.1) is 23.1 Å². The molecular formula is C19H15F3N4O2. The third kappa shape index (κ3) is 4.76. The summed E-state index contributed by atoms with van der Waals surface area (Å²) in [6, 6.07) is 8.65. The lowest BCUT2D eigenvalue weighted by Gasteiger charge is -2.09. The van der Waals surface area contributed by atoms with Crippen molar-refractivity contribution in [2.24, 2.45) is 0 Å². The molecule has 0 saturated carbocycles. The Morgan fingerprint density at radius 1 is 1.18 bits per heavy atom. The molecule has 144 valence electrons. The number of nitrogens with one attached hydrogen (secondary N) is 1. The van der Waals surface area contributed by atoms with E-state index >= 15 is 0 Å². The van der Waals surface area contributed by atoms with E-state index in [1.165, 1.54) is 35.1 Å². The number of carbonyl (C=O) groups excluding carboxylic acids is 1. The van der Waals surface area contributed by atoms with Crippen molar-refractivity contribution in [1.29, 1.82) is 0 Å². The quantitative estimate of drug-likeness (QED) is 0.653. The Labute approximate surface area is 158 Å². The highest BCUT2D eigenvalue weighted by Gasteiger charge is 2.30. The molecule has 2 heterocycles. The predicted octanol–water partition coefficient (Wildman–Crippen LogP) is 3.75. The Kier molecular flexibility index (Phi) is 5.44. The number of pyridine rings is 1. The molecular weight excluding hydrogens is 373 g/mol. The second kappa shape index (κ2) is 7.95. The van der Waals surface area contributed by atoms with Crippen LogP contribution in [0.2, 0.25) is 0 Å². The molecule has 0 saturated heterocycles. The molecule has 28 heavy (non-hydrogen) atoms. The number of hydrogen-bond donors (Lipinski definition) is 1. The number of amides is 1. The number of nitrogens with zero attached hydrogens (tertiary/aromatic N) is 3. The van der Waals surface area contributed by atoms with E-state index in [0.29, 0.717) is 29.1 Å². The highest BCUT2D eigenvalue weighted by atomic mass is 19.4. The van der Waals surface area contributed by atoms with Gasteiger partial charge in [-0.2, -0.15) is 5.10 Å². The van der Waals surface area contributed by atoms with Crippen molar-refractivity contribution in [3.63, 3.8) is 0 Å². The van der Waals surface area contributed by atoms with Crippen molar-refractivity contribution in [2.75, 3.05) is 6.54 Å². The largest absolute Gasteiger partial charge is 0.573 e. The average molecular weight is 388 g/mol. The van der Waals surface area contributed by atoms with E-state index < -0.39 is 6.36 Å². The standard InChI is InChI=1S/C19H15F3N4O2/c1-2-9-23-18(27)13-3-8-17(24-10-13)14-11-25-26(12-14)15-4-6-16(7-5-15)28-19(20,21)22/h2-8,10-12H,1,9H2,(H,23,27). The van der Waals surface area contributed by atoms with Crippen LogP contribution in [-0.4, -0.2) is 33.6 Å². The fraction of sp³-hybridized carbons (Fsp3) is 0.105. The first kappa shape index (κ1) is 19.2. The van der Waals surface area contributed by atoms with Crippen molar-refractivity contribution in [3.05, 3.63) is 73.2 Å². The zero-order chi connectivity index (χ0) is 20.1. The second-order valence-corrected chi connectivity index (χ2v) is 5.65. The molecule has 0 radical (unpaired) electrons. The summed E-state index contributed by atoms with van der Waals surface area (Å²) in [5, 5.41) is 6.85. The SMILES string of the molecule is C=CCNC(=O)c1ccc(-c2cnn(-c3ccc(OC(F)(F)F)cc3)c2)nc1. The van der Waals surface area contributed by atoms with Gasteiger partial charge in [-0.15, -0.1) is 19.8 Å². The molecule has 3 rings (SSSR count). The summed E-state index contributed by atoms with van der Waals surface area (Å²) in [7, 11) is 0. The highest BCUT2D eigenvalue weighted by Crippen LogP contribution is 2.24. The molecule has 1 aromatic carbocycles. The topological polar surface area (TPSA) is 69.0 Å². The molecule has 0 aliphatic heterocycles. The first-order valence-corrected chi connectivity index (χ1v) is 8.12. The van der Waals surface area contributed by atoms with Gasteiger partial charge < -0.3 is 10.1 Å². The minimum Gasteiger partial charge on any atom is -0.406 e. The van der Waals surface area contributed by atoms with Crippen LogP contribution in [0.4, 0.5) is 13.2 Å². The van der Waals surface area contributed by atoms with E-state index in [9.17, 15) is 18.0 Å². The molecule has 0 aliphatic carbocycles. The Morgan fingerprint density at radius 3 is 2.54 bits per heavy atom. The molecule has 1 N–H and O–H groups in total. The summed E-state index contributed by atoms with van der Waals surface area (Å²) < 4.78 is 42.0. The predicted molar refractivity (Wildman–Crippen MR) is 96.0 cm³/mol. The zero-order valence-corrected chi connectivity index (χ0v) is 14.5. The molecule has 0 bridgehead atoms. The number of carbonyl (C=O) groups is 1. The van der Waals surface area contributed by atoms with Crippen LogP contribution in [0.5, 0.6) is 5.75 Å². The summed E-state index contributed by atoms with van der Waals surface area (Å²) in [6.45, 7) is 3.89. The second-order valence-electron chi connectivity index (χ2n) is 5.65. The normalized spacial score (nSPS) is 11.1. The minimum absolute atomic E-state index is 0.254. The minimum atomic E-state index is -4.74. The maximum atomic E-state index is 12.2. The molecule has 0 aliphatic rings. The number of benzene rings is 1. The van der Waals surface area contributed by atoms with Crippen molar-refractivity contribution in [1.82, 2.24) is 20.1 Å². The zero-order valence-electron chi connectivity index (χ0n) is 14.5. The van der Waals surface area contributed by atoms with Gasteiger partial charge >= 0.3 is 6.36 Å². The molecule has 2 aromatic heterocycles. The molecule has 6 nitrogen and oxygen atoms in total. The third-order valence-electron chi connectivity index (χ3n) is 3.65. The van der Waals surface area contributed by atoms with Gasteiger partial charge in [-0.1, -0.05) is 6.08 Å². The average Bonchev–Trinajstić information content (AvgIpc) is 3.16. The maximum absolute atomic E-state index is 12.2. The van der Waals surface area contributed by atoms with E-state index in [1.54, 1.807) is 30.6 Å². The van der Waals surface area contributed by atoms with Crippen molar-refractivity contribution in [2.45, 2.75) is 6.36 Å². The van der Waals surface area contributed by atoms with E-state index in [-0.39, 0.29) is 11.7 Å². The fourth-order valence-corrected chi connectivity index (χ4v) is 2.36. The van der Waals surface area contributed by atoms with Gasteiger partial charge in [-0.25, -0.2) is 4.68 Å². The molecule has 0 spiro atoms. The van der Waals surface area contributed by atoms with Gasteiger partial charge in [-0.05, 0) is 36.4 Å². The van der Waals surface area contributed by atoms with Gasteiger partial charge in [-0.3, -0.25) is 9.78 Å². The van der Waals surface area contributed by atoms with Gasteiger partial charge in [0.15, 0.2) is 0 Å². The molecule has 0 fully saturated rings. The van der Waals surface area contributed by atoms with Crippen LogP contribution in [0.15, 0.2) is 67.6 Å². The third-order valence-corrected chi connectivity index (χ3v) is 3.65. The summed E-state index contributed by atoms with van der Waals surface area (Å²) in [6.07, 6.45) is 1.55. The lowest BCUT2D eigenvalue weighted by molar-refractivity contribution is -0.274. The van der Waals surface area contributed by atoms with Crippen LogP contribution in [0.1, 0.15) is 10.4 Å². The highest BCUT2D eigenvalue weighted by molar-refractivity contribution is 5.94. The van der Waals surface area contributed by atoms with Crippen molar-refractivity contribution in [3.8, 4) is 22.7 Å². The summed E-state index contributed by atoms with van der Waals surface area (Å²) in [5.41, 5.74) is 2.26. The number of halogens is 3. The van der Waals surface area contributed by atoms with E-state index in [1.807, 2.05) is 0 Å². The Morgan fingerprint density at radius 2 is 1.93 bits per heavy atom. The van der Waals surface area contributed by atoms with Crippen LogP contribution in [-0.2, 0) is 0 Å². The van der Waals surface area contributed by atoms with Crippen LogP contribution in [0, 0.1) is 0 Å². The Balaban J connectivity index is 1.73. The van der Waals surface area contributed by atoms with Crippen LogP contribution < -0.4 is 10.1 Å². The maximum Gasteiger partial charge on any atom is 0.573 e. The lowest BCUT2D eigenvalue weighted by atomic mass is 10.2. The van der Waals surface area contributed by atoms with E-state index in [0.717, 1.165) is 0 Å². The number of hydrogen-bond acceptors (Lipinski definition) is 4. The summed E-state index contributed by atoms with van der Waals surface area (Å²) in [5.74, 6) is -0.563. The monoisotopic (exact) mass is 388 g/mol. The van der Waals surface area contributed by atoms with E-state index in [2.05, 4.69) is 26.7 Å². The summed E-state index contributed by atoms with van der Waals surface area (Å²) >= 11 is 0. The van der Waals surface area contributed by atoms with Gasteiger partial charge in [0.2, 0.25) is 0 Å². The van der Waals surface area contributed by atoms with Crippen molar-refractivity contribution >= 4 is 5.91 Å². The van der Waals surface area contributed by atoms with Crippen molar-refractivity contribution < 1.29 is 22.7 Å². The smallest absolute Gasteiger partial charge is 0.406 e. The number of aromatic nitrogens is 3. The first-order chi connectivity index (χ1) is 13.4. The number of alkyl halides is 3. The number of ether oxygens (including phenoxy) is 1. The lowest BCUT2D eigenvalue weighted by Crippen LogP contribution is -2.23. The Bertz CT molecular complexity index is 964. The summed E-state index contributed by atoms with van der Waals surface area (Å²) in [4.78, 5) is 16.1.